The molecule has 25 heavy (non-hydrogen) atoms. The van der Waals surface area contributed by atoms with E-state index in [0.29, 0.717) is 0 Å². The van der Waals surface area contributed by atoms with Gasteiger partial charge in [-0.2, -0.15) is 5.10 Å². The van der Waals surface area contributed by atoms with Gasteiger partial charge in [0.15, 0.2) is 5.65 Å². The predicted octanol–water partition coefficient (Wildman–Crippen LogP) is 5.34. The zero-order valence-electron chi connectivity index (χ0n) is 15.4. The summed E-state index contributed by atoms with van der Waals surface area (Å²) in [5.74, 6) is 0. The lowest BCUT2D eigenvalue weighted by Gasteiger charge is -2.20. The zero-order valence-corrected chi connectivity index (χ0v) is 15.4. The molecule has 1 aliphatic carbocycles. The number of hydrogen-bond acceptors (Lipinski definition) is 2. The van der Waals surface area contributed by atoms with Crippen LogP contribution in [0.1, 0.15) is 61.5 Å². The number of aromatic nitrogens is 3. The van der Waals surface area contributed by atoms with Crippen LogP contribution in [0.5, 0.6) is 0 Å². The summed E-state index contributed by atoms with van der Waals surface area (Å²) in [6.07, 6.45) is 9.83. The van der Waals surface area contributed by atoms with E-state index >= 15 is 0 Å². The molecule has 1 aliphatic rings. The van der Waals surface area contributed by atoms with Crippen LogP contribution in [0.3, 0.4) is 0 Å². The molecule has 3 nitrogen and oxygen atoms in total. The Balaban J connectivity index is 1.91. The second-order valence-electron chi connectivity index (χ2n) is 7.21. The molecule has 2 heterocycles. The highest BCUT2D eigenvalue weighted by molar-refractivity contribution is 5.85. The van der Waals surface area contributed by atoms with Crippen LogP contribution in [0.25, 0.3) is 16.7 Å². The van der Waals surface area contributed by atoms with Gasteiger partial charge in [-0.3, -0.25) is 0 Å². The quantitative estimate of drug-likeness (QED) is 0.590. The van der Waals surface area contributed by atoms with E-state index in [0.717, 1.165) is 23.4 Å². The number of fused-ring (bicyclic) bond motifs is 3. The van der Waals surface area contributed by atoms with Crippen molar-refractivity contribution in [3.63, 3.8) is 0 Å². The van der Waals surface area contributed by atoms with Gasteiger partial charge in [-0.15, -0.1) is 0 Å². The van der Waals surface area contributed by atoms with Crippen molar-refractivity contribution in [1.29, 1.82) is 0 Å². The van der Waals surface area contributed by atoms with E-state index in [4.69, 9.17) is 10.1 Å². The van der Waals surface area contributed by atoms with Gasteiger partial charge in [0.05, 0.1) is 11.4 Å². The average Bonchev–Trinajstić information content (AvgIpc) is 2.99. The number of unbranched alkanes of at least 4 members (excludes halogenated alkanes) is 2. The molecule has 130 valence electrons. The summed E-state index contributed by atoms with van der Waals surface area (Å²) >= 11 is 0. The van der Waals surface area contributed by atoms with Gasteiger partial charge < -0.3 is 0 Å². The molecule has 0 bridgehead atoms. The smallest absolute Gasteiger partial charge is 0.163 e. The largest absolute Gasteiger partial charge is 0.233 e. The van der Waals surface area contributed by atoms with Crippen molar-refractivity contribution >= 4 is 11.0 Å². The van der Waals surface area contributed by atoms with Gasteiger partial charge in [0, 0.05) is 11.1 Å². The van der Waals surface area contributed by atoms with Crippen molar-refractivity contribution in [2.45, 2.75) is 65.2 Å². The van der Waals surface area contributed by atoms with Crippen LogP contribution in [0.15, 0.2) is 30.3 Å². The zero-order chi connectivity index (χ0) is 17.2. The molecule has 0 N–H and O–H groups in total. The first-order valence-corrected chi connectivity index (χ1v) is 9.75. The Morgan fingerprint density at radius 1 is 1.00 bits per heavy atom. The predicted molar refractivity (Wildman–Crippen MR) is 103 cm³/mol. The van der Waals surface area contributed by atoms with Crippen molar-refractivity contribution in [1.82, 2.24) is 14.8 Å². The average molecular weight is 333 g/mol. The number of aryl methyl sites for hydroxylation is 3. The number of para-hydroxylation sites is 1. The summed E-state index contributed by atoms with van der Waals surface area (Å²) in [4.78, 5) is 5.16. The fraction of sp³-hybridized carbons (Fsp3) is 0.455. The van der Waals surface area contributed by atoms with E-state index < -0.39 is 0 Å². The fourth-order valence-corrected chi connectivity index (χ4v) is 4.17. The monoisotopic (exact) mass is 333 g/mol. The Labute approximate surface area is 150 Å². The van der Waals surface area contributed by atoms with Crippen LogP contribution < -0.4 is 0 Å². The van der Waals surface area contributed by atoms with Crippen LogP contribution in [0.2, 0.25) is 0 Å². The van der Waals surface area contributed by atoms with Gasteiger partial charge in [-0.1, -0.05) is 38.0 Å². The van der Waals surface area contributed by atoms with Crippen molar-refractivity contribution in [3.05, 3.63) is 52.8 Å². The molecule has 0 unspecified atom stereocenters. The Bertz CT molecular complexity index is 877. The lowest BCUT2D eigenvalue weighted by Crippen LogP contribution is -2.10. The highest BCUT2D eigenvalue weighted by Gasteiger charge is 2.22. The maximum absolute atomic E-state index is 5.16. The summed E-state index contributed by atoms with van der Waals surface area (Å²) in [5.41, 5.74) is 7.66. The van der Waals surface area contributed by atoms with E-state index in [2.05, 4.69) is 38.1 Å². The first-order valence-electron chi connectivity index (χ1n) is 9.75. The van der Waals surface area contributed by atoms with Crippen molar-refractivity contribution in [2.75, 3.05) is 0 Å². The summed E-state index contributed by atoms with van der Waals surface area (Å²) in [7, 11) is 0. The molecule has 4 rings (SSSR count). The van der Waals surface area contributed by atoms with Gasteiger partial charge in [0.1, 0.15) is 0 Å². The van der Waals surface area contributed by atoms with E-state index in [1.165, 1.54) is 67.2 Å². The normalized spacial score (nSPS) is 14.0. The third-order valence-electron chi connectivity index (χ3n) is 5.41. The standard InChI is InChI=1S/C22H27N3/c1-3-4-6-15-20-18-13-9-10-14-19(18)21-16(2)24-25(22(21)23-20)17-11-7-5-8-12-17/h5,7-8,11-12H,3-4,6,9-10,13-15H2,1-2H3. The first kappa shape index (κ1) is 16.3. The lowest BCUT2D eigenvalue weighted by molar-refractivity contribution is 0.659. The minimum Gasteiger partial charge on any atom is -0.233 e. The summed E-state index contributed by atoms with van der Waals surface area (Å²) in [6, 6.07) is 10.4. The topological polar surface area (TPSA) is 30.7 Å². The van der Waals surface area contributed by atoms with E-state index in [1.807, 2.05) is 10.7 Å². The van der Waals surface area contributed by atoms with Gasteiger partial charge in [0.25, 0.3) is 0 Å². The van der Waals surface area contributed by atoms with Gasteiger partial charge in [0.2, 0.25) is 0 Å². The number of benzene rings is 1. The van der Waals surface area contributed by atoms with E-state index in [9.17, 15) is 0 Å². The van der Waals surface area contributed by atoms with E-state index in [-0.39, 0.29) is 0 Å². The molecule has 0 fully saturated rings. The maximum atomic E-state index is 5.16. The maximum Gasteiger partial charge on any atom is 0.163 e. The third-order valence-corrected chi connectivity index (χ3v) is 5.41. The van der Waals surface area contributed by atoms with Crippen LogP contribution >= 0.6 is 0 Å². The molecular weight excluding hydrogens is 306 g/mol. The van der Waals surface area contributed by atoms with Crippen molar-refractivity contribution in [3.8, 4) is 5.69 Å². The molecular formula is C22H27N3. The highest BCUT2D eigenvalue weighted by Crippen LogP contribution is 2.33. The summed E-state index contributed by atoms with van der Waals surface area (Å²) in [5, 5.41) is 6.16. The first-order chi connectivity index (χ1) is 12.3. The second-order valence-corrected chi connectivity index (χ2v) is 7.21. The molecule has 3 aromatic rings. The van der Waals surface area contributed by atoms with Crippen LogP contribution in [0, 0.1) is 6.92 Å². The highest BCUT2D eigenvalue weighted by atomic mass is 15.3. The van der Waals surface area contributed by atoms with E-state index in [1.54, 1.807) is 0 Å². The number of hydrogen-bond donors (Lipinski definition) is 0. The van der Waals surface area contributed by atoms with Crippen LogP contribution in [-0.4, -0.2) is 14.8 Å². The van der Waals surface area contributed by atoms with Crippen LogP contribution in [0.4, 0.5) is 0 Å². The Morgan fingerprint density at radius 3 is 2.52 bits per heavy atom. The molecule has 3 heteroatoms. The Hall–Kier alpha value is -2.16. The molecule has 2 aromatic heterocycles. The minimum absolute atomic E-state index is 1.05. The van der Waals surface area contributed by atoms with Crippen LogP contribution in [-0.2, 0) is 19.3 Å². The molecule has 0 saturated carbocycles. The third kappa shape index (κ3) is 2.97. The lowest BCUT2D eigenvalue weighted by atomic mass is 9.87. The van der Waals surface area contributed by atoms with Crippen molar-refractivity contribution < 1.29 is 0 Å². The summed E-state index contributed by atoms with van der Waals surface area (Å²) in [6.45, 7) is 4.40. The number of pyridine rings is 1. The summed E-state index contributed by atoms with van der Waals surface area (Å²) < 4.78 is 2.04. The molecule has 0 radical (unpaired) electrons. The molecule has 0 amide bonds. The van der Waals surface area contributed by atoms with Crippen molar-refractivity contribution in [2.24, 2.45) is 0 Å². The molecule has 0 saturated heterocycles. The van der Waals surface area contributed by atoms with Gasteiger partial charge in [-0.25, -0.2) is 9.67 Å². The number of rotatable bonds is 5. The molecule has 0 aliphatic heterocycles. The molecule has 0 atom stereocenters. The molecule has 1 aromatic carbocycles. The number of nitrogens with zero attached hydrogens (tertiary/aromatic N) is 3. The molecule has 0 spiro atoms. The minimum atomic E-state index is 1.05. The Morgan fingerprint density at radius 2 is 1.76 bits per heavy atom. The second kappa shape index (κ2) is 6.99. The Kier molecular flexibility index (Phi) is 4.56. The fourth-order valence-electron chi connectivity index (χ4n) is 4.17. The van der Waals surface area contributed by atoms with Gasteiger partial charge >= 0.3 is 0 Å². The SMILES string of the molecule is CCCCCc1nc2c(c(C)nn2-c2ccccc2)c2c1CCCC2. The van der Waals surface area contributed by atoms with Gasteiger partial charge in [-0.05, 0) is 68.7 Å².